The molecular weight excluding hydrogens is 511 g/mol. The smallest absolute Gasteiger partial charge is 0.319 e. The van der Waals surface area contributed by atoms with Gasteiger partial charge < -0.3 is 9.47 Å². The molecule has 11 heteroatoms. The minimum atomic E-state index is -0.687. The summed E-state index contributed by atoms with van der Waals surface area (Å²) < 4.78 is 26.0. The Morgan fingerprint density at radius 1 is 1.16 bits per heavy atom. The number of nitrogens with one attached hydrogen (secondary N) is 1. The van der Waals surface area contributed by atoms with Crippen LogP contribution >= 0.6 is 11.6 Å². The molecule has 196 valence electrons. The Balaban J connectivity index is 1.66. The Bertz CT molecular complexity index is 1410. The van der Waals surface area contributed by atoms with Crippen molar-refractivity contribution in [1.82, 2.24) is 20.2 Å². The van der Waals surface area contributed by atoms with Crippen LogP contribution in [0.4, 0.5) is 10.1 Å². The van der Waals surface area contributed by atoms with Crippen molar-refractivity contribution in [2.24, 2.45) is 0 Å². The number of nitriles is 1. The number of ether oxygens (including phenoxy) is 2. The third-order valence-corrected chi connectivity index (χ3v) is 7.32. The minimum absolute atomic E-state index is 0.0489. The van der Waals surface area contributed by atoms with E-state index >= 15 is 4.39 Å². The van der Waals surface area contributed by atoms with E-state index in [1.54, 1.807) is 42.6 Å². The van der Waals surface area contributed by atoms with Crippen LogP contribution in [-0.2, 0) is 4.79 Å². The van der Waals surface area contributed by atoms with Gasteiger partial charge in [0.1, 0.15) is 6.04 Å². The summed E-state index contributed by atoms with van der Waals surface area (Å²) in [5, 5.41) is 12.7. The first-order valence-corrected chi connectivity index (χ1v) is 12.4. The molecular formula is C27H26ClFN6O3. The van der Waals surface area contributed by atoms with Crippen molar-refractivity contribution in [1.29, 1.82) is 5.26 Å². The summed E-state index contributed by atoms with van der Waals surface area (Å²) in [4.78, 5) is 26.3. The molecule has 2 aliphatic heterocycles. The number of hydrogen-bond donors (Lipinski definition) is 1. The summed E-state index contributed by atoms with van der Waals surface area (Å²) in [6, 6.07) is 12.2. The number of methoxy groups -OCH3 is 2. The SMILES string of the molecule is COc1ncc(C2NC3C(=O)N(c4cccc(Cl)c4F)C(c4ccc(C#N)cc4)C3N2C(C)C)c(OC)n1. The second kappa shape index (κ2) is 10.2. The van der Waals surface area contributed by atoms with Gasteiger partial charge >= 0.3 is 6.01 Å². The van der Waals surface area contributed by atoms with Crippen molar-refractivity contribution in [3.8, 4) is 18.0 Å². The summed E-state index contributed by atoms with van der Waals surface area (Å²) in [6.07, 6.45) is 1.15. The number of carbonyl (C=O) groups excluding carboxylic acids is 1. The van der Waals surface area contributed by atoms with Gasteiger partial charge in [-0.15, -0.1) is 0 Å². The second-order valence-corrected chi connectivity index (χ2v) is 9.77. The molecule has 3 heterocycles. The molecule has 2 fully saturated rings. The number of aromatic nitrogens is 2. The highest BCUT2D eigenvalue weighted by Gasteiger charge is 2.59. The number of carbonyl (C=O) groups is 1. The number of nitrogens with zero attached hydrogens (tertiary/aromatic N) is 5. The summed E-state index contributed by atoms with van der Waals surface area (Å²) in [6.45, 7) is 4.05. The predicted molar refractivity (Wildman–Crippen MR) is 138 cm³/mol. The van der Waals surface area contributed by atoms with E-state index in [1.165, 1.54) is 25.2 Å². The molecule has 0 radical (unpaired) electrons. The first-order valence-electron chi connectivity index (χ1n) is 12.1. The minimum Gasteiger partial charge on any atom is -0.481 e. The fourth-order valence-electron chi connectivity index (χ4n) is 5.45. The molecule has 0 spiro atoms. The highest BCUT2D eigenvalue weighted by Crippen LogP contribution is 2.48. The van der Waals surface area contributed by atoms with Crippen LogP contribution in [0.1, 0.15) is 42.7 Å². The molecule has 9 nitrogen and oxygen atoms in total. The zero-order chi connectivity index (χ0) is 27.1. The average Bonchev–Trinajstić information content (AvgIpc) is 3.45. The predicted octanol–water partition coefficient (Wildman–Crippen LogP) is 4.00. The zero-order valence-corrected chi connectivity index (χ0v) is 22.0. The Kier molecular flexibility index (Phi) is 6.92. The maximum absolute atomic E-state index is 15.3. The molecule has 0 bridgehead atoms. The summed E-state index contributed by atoms with van der Waals surface area (Å²) in [5.41, 5.74) is 1.98. The lowest BCUT2D eigenvalue weighted by atomic mass is 9.95. The highest BCUT2D eigenvalue weighted by molar-refractivity contribution is 6.31. The molecule has 4 unspecified atom stereocenters. The average molecular weight is 537 g/mol. The van der Waals surface area contributed by atoms with E-state index in [9.17, 15) is 10.1 Å². The van der Waals surface area contributed by atoms with Gasteiger partial charge in [-0.2, -0.15) is 10.2 Å². The molecule has 2 aliphatic rings. The van der Waals surface area contributed by atoms with E-state index in [0.717, 1.165) is 5.56 Å². The number of fused-ring (bicyclic) bond motifs is 1. The number of halogens is 2. The van der Waals surface area contributed by atoms with Crippen molar-refractivity contribution in [2.75, 3.05) is 19.1 Å². The number of benzene rings is 2. The topological polar surface area (TPSA) is 104 Å². The molecule has 3 aromatic rings. The van der Waals surface area contributed by atoms with Crippen LogP contribution in [0.5, 0.6) is 11.9 Å². The lowest BCUT2D eigenvalue weighted by Gasteiger charge is -2.38. The van der Waals surface area contributed by atoms with Gasteiger partial charge in [0, 0.05) is 12.2 Å². The third kappa shape index (κ3) is 4.13. The second-order valence-electron chi connectivity index (χ2n) is 9.36. The lowest BCUT2D eigenvalue weighted by molar-refractivity contribution is -0.118. The van der Waals surface area contributed by atoms with E-state index in [4.69, 9.17) is 21.1 Å². The Morgan fingerprint density at radius 3 is 2.53 bits per heavy atom. The van der Waals surface area contributed by atoms with Gasteiger partial charge in [-0.25, -0.2) is 9.37 Å². The van der Waals surface area contributed by atoms with Crippen LogP contribution in [0.25, 0.3) is 0 Å². The number of anilines is 1. The molecule has 4 atom stereocenters. The largest absolute Gasteiger partial charge is 0.481 e. The fraction of sp³-hybridized carbons (Fsp3) is 0.333. The summed E-state index contributed by atoms with van der Waals surface area (Å²) in [5.74, 6) is -0.647. The van der Waals surface area contributed by atoms with Crippen LogP contribution < -0.4 is 19.7 Å². The van der Waals surface area contributed by atoms with Gasteiger partial charge in [0.25, 0.3) is 0 Å². The Hall–Kier alpha value is -3.78. The normalized spacial score (nSPS) is 23.0. The molecule has 38 heavy (non-hydrogen) atoms. The van der Waals surface area contributed by atoms with Gasteiger partial charge in [0.2, 0.25) is 11.8 Å². The quantitative estimate of drug-likeness (QED) is 0.504. The van der Waals surface area contributed by atoms with E-state index in [0.29, 0.717) is 17.0 Å². The molecule has 2 aromatic carbocycles. The van der Waals surface area contributed by atoms with Crippen molar-refractivity contribution in [3.63, 3.8) is 0 Å². The van der Waals surface area contributed by atoms with Crippen LogP contribution in [-0.4, -0.2) is 53.1 Å². The Morgan fingerprint density at radius 2 is 1.89 bits per heavy atom. The van der Waals surface area contributed by atoms with E-state index in [2.05, 4.69) is 26.3 Å². The summed E-state index contributed by atoms with van der Waals surface area (Å²) in [7, 11) is 2.98. The van der Waals surface area contributed by atoms with E-state index in [-0.39, 0.29) is 28.7 Å². The van der Waals surface area contributed by atoms with Crippen LogP contribution in [0.2, 0.25) is 5.02 Å². The van der Waals surface area contributed by atoms with Crippen molar-refractivity contribution in [3.05, 3.63) is 76.2 Å². The number of hydrogen-bond acceptors (Lipinski definition) is 8. The van der Waals surface area contributed by atoms with E-state index < -0.39 is 30.1 Å². The molecule has 1 aromatic heterocycles. The maximum Gasteiger partial charge on any atom is 0.319 e. The van der Waals surface area contributed by atoms with Crippen LogP contribution in [0, 0.1) is 17.1 Å². The molecule has 2 saturated heterocycles. The standard InChI is InChI=1S/C27H26ClFN6O3/c1-14(2)34-23-21(32-24(34)17-13-31-27(38-4)33-25(17)37-3)26(36)35(19-7-5-6-18(28)20(19)29)22(23)16-10-8-15(12-30)9-11-16/h5-11,13-14,21-24,32H,1-4H3. The first kappa shape index (κ1) is 25.9. The van der Waals surface area contributed by atoms with E-state index in [1.807, 2.05) is 13.8 Å². The van der Waals surface area contributed by atoms with Gasteiger partial charge in [0.05, 0.1) is 60.4 Å². The first-order chi connectivity index (χ1) is 18.3. The van der Waals surface area contributed by atoms with Gasteiger partial charge in [-0.1, -0.05) is 29.8 Å². The van der Waals surface area contributed by atoms with Gasteiger partial charge in [-0.3, -0.25) is 19.9 Å². The zero-order valence-electron chi connectivity index (χ0n) is 21.2. The molecule has 0 aliphatic carbocycles. The molecule has 5 rings (SSSR count). The molecule has 0 saturated carbocycles. The maximum atomic E-state index is 15.3. The highest BCUT2D eigenvalue weighted by atomic mass is 35.5. The fourth-order valence-corrected chi connectivity index (χ4v) is 5.62. The van der Waals surface area contributed by atoms with Gasteiger partial charge in [0.15, 0.2) is 5.82 Å². The molecule has 1 N–H and O–H groups in total. The van der Waals surface area contributed by atoms with Crippen molar-refractivity contribution < 1.29 is 18.7 Å². The third-order valence-electron chi connectivity index (χ3n) is 7.02. The monoisotopic (exact) mass is 536 g/mol. The lowest BCUT2D eigenvalue weighted by Crippen LogP contribution is -2.44. The molecule has 1 amide bonds. The Labute approximate surface area is 224 Å². The van der Waals surface area contributed by atoms with Crippen molar-refractivity contribution >= 4 is 23.2 Å². The van der Waals surface area contributed by atoms with Crippen LogP contribution in [0.15, 0.2) is 48.7 Å². The van der Waals surface area contributed by atoms with Crippen molar-refractivity contribution in [2.45, 2.75) is 44.2 Å². The summed E-state index contributed by atoms with van der Waals surface area (Å²) >= 11 is 6.12. The van der Waals surface area contributed by atoms with Gasteiger partial charge in [-0.05, 0) is 43.7 Å². The number of rotatable bonds is 6. The number of amides is 1. The van der Waals surface area contributed by atoms with Crippen LogP contribution in [0.3, 0.4) is 0 Å².